The highest BCUT2D eigenvalue weighted by molar-refractivity contribution is 5.75. The van der Waals surface area contributed by atoms with Crippen LogP contribution < -0.4 is 14.8 Å². The Bertz CT molecular complexity index is 806. The molecule has 3 fully saturated rings. The maximum absolute atomic E-state index is 12.7. The fraction of sp³-hybridized carbons (Fsp3) is 0.640. The van der Waals surface area contributed by atoms with E-state index in [1.165, 1.54) is 24.0 Å². The van der Waals surface area contributed by atoms with Crippen molar-refractivity contribution in [3.05, 3.63) is 35.9 Å². The standard InChI is InChI=1S/C25H35NO4/c1-16-6-5-10-25(2)14-23-18(13-20(16)25)19(24(27)30-23)15-26-11-9-17-7-8-21(28-3)22(12-17)29-4/h7-8,12,18-20,23,26H,1,5-6,9-11,13-15H2,2-4H3/p+1/t18-,19-,20+,23+,25-/m0/s1. The Morgan fingerprint density at radius 1 is 1.27 bits per heavy atom. The quantitative estimate of drug-likeness (QED) is 0.423. The van der Waals surface area contributed by atoms with Gasteiger partial charge in [-0.2, -0.15) is 0 Å². The summed E-state index contributed by atoms with van der Waals surface area (Å²) in [6.07, 6.45) is 6.72. The zero-order valence-corrected chi connectivity index (χ0v) is 18.6. The Hall–Kier alpha value is -2.01. The van der Waals surface area contributed by atoms with Gasteiger partial charge in [0.15, 0.2) is 11.5 Å². The molecule has 0 aromatic heterocycles. The number of rotatable bonds is 7. The first-order valence-corrected chi connectivity index (χ1v) is 11.4. The number of benzene rings is 1. The first kappa shape index (κ1) is 21.2. The van der Waals surface area contributed by atoms with Gasteiger partial charge in [0.1, 0.15) is 12.0 Å². The summed E-state index contributed by atoms with van der Waals surface area (Å²) in [7, 11) is 3.31. The molecule has 2 aliphatic carbocycles. The number of fused-ring (bicyclic) bond motifs is 2. The maximum Gasteiger partial charge on any atom is 0.315 e. The van der Waals surface area contributed by atoms with E-state index in [0.717, 1.165) is 50.3 Å². The number of hydrogen-bond donors (Lipinski definition) is 1. The monoisotopic (exact) mass is 414 g/mol. The molecule has 0 radical (unpaired) electrons. The van der Waals surface area contributed by atoms with Crippen molar-refractivity contribution in [3.63, 3.8) is 0 Å². The molecule has 2 N–H and O–H groups in total. The molecule has 0 amide bonds. The van der Waals surface area contributed by atoms with Crippen molar-refractivity contribution in [1.29, 1.82) is 0 Å². The smallest absolute Gasteiger partial charge is 0.315 e. The van der Waals surface area contributed by atoms with Gasteiger partial charge in [-0.05, 0) is 61.1 Å². The normalized spacial score (nSPS) is 32.9. The van der Waals surface area contributed by atoms with Gasteiger partial charge in [0.05, 0.1) is 27.3 Å². The van der Waals surface area contributed by atoms with Gasteiger partial charge in [-0.15, -0.1) is 0 Å². The molecule has 1 saturated heterocycles. The summed E-state index contributed by atoms with van der Waals surface area (Å²) in [5.74, 6) is 2.44. The summed E-state index contributed by atoms with van der Waals surface area (Å²) in [4.78, 5) is 12.7. The lowest BCUT2D eigenvalue weighted by molar-refractivity contribution is -0.658. The van der Waals surface area contributed by atoms with E-state index in [1.54, 1.807) is 14.2 Å². The van der Waals surface area contributed by atoms with E-state index in [1.807, 2.05) is 12.1 Å². The molecule has 1 aromatic rings. The van der Waals surface area contributed by atoms with Gasteiger partial charge >= 0.3 is 5.97 Å². The molecule has 0 spiro atoms. The fourth-order valence-electron chi connectivity index (χ4n) is 6.13. The van der Waals surface area contributed by atoms with Gasteiger partial charge in [0.2, 0.25) is 0 Å². The lowest BCUT2D eigenvalue weighted by atomic mass is 9.55. The first-order chi connectivity index (χ1) is 14.4. The lowest BCUT2D eigenvalue weighted by Crippen LogP contribution is -2.86. The number of allylic oxidation sites excluding steroid dienone is 1. The summed E-state index contributed by atoms with van der Waals surface area (Å²) >= 11 is 0. The van der Waals surface area contributed by atoms with E-state index in [-0.39, 0.29) is 23.4 Å². The van der Waals surface area contributed by atoms with Gasteiger partial charge in [0.25, 0.3) is 0 Å². The number of ether oxygens (including phenoxy) is 3. The Kier molecular flexibility index (Phi) is 6.10. The third-order valence-corrected chi connectivity index (χ3v) is 7.83. The van der Waals surface area contributed by atoms with Crippen molar-refractivity contribution in [2.24, 2.45) is 23.2 Å². The topological polar surface area (TPSA) is 61.4 Å². The van der Waals surface area contributed by atoms with Crippen LogP contribution in [0.3, 0.4) is 0 Å². The Balaban J connectivity index is 1.33. The number of hydrogen-bond acceptors (Lipinski definition) is 4. The minimum Gasteiger partial charge on any atom is -0.493 e. The van der Waals surface area contributed by atoms with E-state index in [4.69, 9.17) is 14.2 Å². The third-order valence-electron chi connectivity index (χ3n) is 7.83. The van der Waals surface area contributed by atoms with Gasteiger partial charge in [-0.3, -0.25) is 4.79 Å². The van der Waals surface area contributed by atoms with Crippen LogP contribution in [0.1, 0.15) is 44.6 Å². The molecule has 0 unspecified atom stereocenters. The fourth-order valence-corrected chi connectivity index (χ4v) is 6.13. The van der Waals surface area contributed by atoms with Gasteiger partial charge < -0.3 is 19.5 Å². The molecule has 164 valence electrons. The van der Waals surface area contributed by atoms with Crippen LogP contribution in [-0.4, -0.2) is 39.4 Å². The number of methoxy groups -OCH3 is 2. The summed E-state index contributed by atoms with van der Waals surface area (Å²) in [5.41, 5.74) is 2.88. The van der Waals surface area contributed by atoms with Gasteiger partial charge in [0, 0.05) is 12.3 Å². The van der Waals surface area contributed by atoms with Crippen LogP contribution in [0, 0.1) is 23.2 Å². The number of esters is 1. The summed E-state index contributed by atoms with van der Waals surface area (Å²) in [6.45, 7) is 8.51. The minimum atomic E-state index is 0.0136. The van der Waals surface area contributed by atoms with Crippen LogP contribution in [0.25, 0.3) is 0 Å². The van der Waals surface area contributed by atoms with Gasteiger partial charge in [-0.25, -0.2) is 0 Å². The average molecular weight is 415 g/mol. The summed E-state index contributed by atoms with van der Waals surface area (Å²) in [5, 5.41) is 2.27. The molecule has 1 heterocycles. The van der Waals surface area contributed by atoms with Crippen LogP contribution in [0.4, 0.5) is 0 Å². The highest BCUT2D eigenvalue weighted by Gasteiger charge is 2.55. The Labute approximate surface area is 180 Å². The molecule has 2 saturated carbocycles. The largest absolute Gasteiger partial charge is 0.493 e. The third kappa shape index (κ3) is 3.96. The van der Waals surface area contributed by atoms with Crippen LogP contribution >= 0.6 is 0 Å². The molecule has 30 heavy (non-hydrogen) atoms. The second-order valence-corrected chi connectivity index (χ2v) is 9.66. The van der Waals surface area contributed by atoms with Crippen LogP contribution in [0.2, 0.25) is 0 Å². The molecular weight excluding hydrogens is 378 g/mol. The molecule has 5 atom stereocenters. The van der Waals surface area contributed by atoms with Gasteiger partial charge in [-0.1, -0.05) is 25.1 Å². The van der Waals surface area contributed by atoms with E-state index in [0.29, 0.717) is 11.8 Å². The molecular formula is C25H36NO4+. The Morgan fingerprint density at radius 3 is 2.83 bits per heavy atom. The number of nitrogens with two attached hydrogens (primary N) is 1. The SMILES string of the molecule is C=C1CCC[C@@]2(C)C[C@H]3OC(=O)[C@@H](C[NH2+]CCc4ccc(OC)c(OC)c4)[C@@H]3C[C@H]12. The number of carbonyl (C=O) groups is 1. The van der Waals surface area contributed by atoms with Crippen molar-refractivity contribution < 1.29 is 24.3 Å². The number of carbonyl (C=O) groups excluding carboxylic acids is 1. The van der Waals surface area contributed by atoms with Crippen molar-refractivity contribution in [1.82, 2.24) is 0 Å². The molecule has 1 aliphatic heterocycles. The predicted molar refractivity (Wildman–Crippen MR) is 116 cm³/mol. The predicted octanol–water partition coefficient (Wildman–Crippen LogP) is 3.12. The second-order valence-electron chi connectivity index (χ2n) is 9.66. The maximum atomic E-state index is 12.7. The average Bonchev–Trinajstić information content (AvgIpc) is 3.03. The molecule has 3 aliphatic rings. The van der Waals surface area contributed by atoms with Crippen LogP contribution in [0.15, 0.2) is 30.4 Å². The summed E-state index contributed by atoms with van der Waals surface area (Å²) in [6, 6.07) is 6.05. The molecule has 4 rings (SSSR count). The molecule has 0 bridgehead atoms. The van der Waals surface area contributed by atoms with E-state index in [9.17, 15) is 4.79 Å². The highest BCUT2D eigenvalue weighted by Crippen LogP contribution is 2.56. The zero-order chi connectivity index (χ0) is 21.3. The lowest BCUT2D eigenvalue weighted by Gasteiger charge is -2.49. The van der Waals surface area contributed by atoms with Crippen molar-refractivity contribution in [2.75, 3.05) is 27.3 Å². The highest BCUT2D eigenvalue weighted by atomic mass is 16.6. The minimum absolute atomic E-state index is 0.0136. The molecule has 5 heteroatoms. The van der Waals surface area contributed by atoms with Crippen molar-refractivity contribution in [3.8, 4) is 11.5 Å². The van der Waals surface area contributed by atoms with Crippen molar-refractivity contribution in [2.45, 2.75) is 51.6 Å². The van der Waals surface area contributed by atoms with E-state index in [2.05, 4.69) is 24.9 Å². The number of quaternary nitrogens is 1. The zero-order valence-electron chi connectivity index (χ0n) is 18.6. The molecule has 5 nitrogen and oxygen atoms in total. The van der Waals surface area contributed by atoms with E-state index < -0.39 is 0 Å². The second kappa shape index (κ2) is 8.62. The van der Waals surface area contributed by atoms with Crippen molar-refractivity contribution >= 4 is 5.97 Å². The summed E-state index contributed by atoms with van der Waals surface area (Å²) < 4.78 is 16.6. The first-order valence-electron chi connectivity index (χ1n) is 11.4. The van der Waals surface area contributed by atoms with Crippen LogP contribution in [-0.2, 0) is 16.0 Å². The van der Waals surface area contributed by atoms with E-state index >= 15 is 0 Å². The Morgan fingerprint density at radius 2 is 2.07 bits per heavy atom. The molecule has 1 aromatic carbocycles. The van der Waals surface area contributed by atoms with Crippen LogP contribution in [0.5, 0.6) is 11.5 Å².